The van der Waals surface area contributed by atoms with Gasteiger partial charge in [-0.05, 0) is 34.9 Å². The van der Waals surface area contributed by atoms with E-state index in [0.717, 1.165) is 10.6 Å². The third-order valence-electron chi connectivity index (χ3n) is 3.64. The Kier molecular flexibility index (Phi) is 3.47. The average molecular weight is 283 g/mol. The van der Waals surface area contributed by atoms with Crippen LogP contribution >= 0.6 is 11.3 Å². The van der Waals surface area contributed by atoms with Gasteiger partial charge in [-0.15, -0.1) is 11.3 Å². The molecule has 0 fully saturated rings. The summed E-state index contributed by atoms with van der Waals surface area (Å²) in [6.45, 7) is 2.12. The maximum Gasteiger partial charge on any atom is 0.129 e. The molecule has 0 spiro atoms. The highest BCUT2D eigenvalue weighted by Crippen LogP contribution is 2.34. The van der Waals surface area contributed by atoms with Crippen LogP contribution in [0.25, 0.3) is 10.8 Å². The zero-order valence-corrected chi connectivity index (χ0v) is 12.4. The highest BCUT2D eigenvalue weighted by Gasteiger charge is 2.16. The predicted molar refractivity (Wildman–Crippen MR) is 85.6 cm³/mol. The molecule has 0 aliphatic carbocycles. The number of aryl methyl sites for hydroxylation is 1. The van der Waals surface area contributed by atoms with Crippen molar-refractivity contribution in [1.29, 1.82) is 0 Å². The lowest BCUT2D eigenvalue weighted by Crippen LogP contribution is -2.12. The molecule has 3 rings (SSSR count). The largest absolute Gasteiger partial charge is 0.496 e. The van der Waals surface area contributed by atoms with Crippen LogP contribution in [0.5, 0.6) is 5.75 Å². The number of methoxy groups -OCH3 is 1. The van der Waals surface area contributed by atoms with E-state index in [9.17, 15) is 0 Å². The van der Waals surface area contributed by atoms with Crippen LogP contribution < -0.4 is 10.5 Å². The molecule has 1 heterocycles. The van der Waals surface area contributed by atoms with Gasteiger partial charge in [-0.2, -0.15) is 0 Å². The molecule has 1 unspecified atom stereocenters. The van der Waals surface area contributed by atoms with Gasteiger partial charge in [0.1, 0.15) is 5.75 Å². The van der Waals surface area contributed by atoms with Crippen LogP contribution in [0.3, 0.4) is 0 Å². The van der Waals surface area contributed by atoms with Gasteiger partial charge in [-0.25, -0.2) is 0 Å². The van der Waals surface area contributed by atoms with Gasteiger partial charge in [0.05, 0.1) is 13.2 Å². The van der Waals surface area contributed by atoms with E-state index in [4.69, 9.17) is 10.5 Å². The second-order valence-electron chi connectivity index (χ2n) is 4.88. The SMILES string of the molecule is COc1csc(C(N)c2c(C)ccc3ccccc23)c1. The number of ether oxygens (including phenoxy) is 1. The quantitative estimate of drug-likeness (QED) is 0.779. The van der Waals surface area contributed by atoms with Crippen LogP contribution in [0, 0.1) is 6.92 Å². The molecule has 3 aromatic rings. The Morgan fingerprint density at radius 1 is 1.15 bits per heavy atom. The molecule has 2 N–H and O–H groups in total. The highest BCUT2D eigenvalue weighted by molar-refractivity contribution is 7.10. The molecule has 20 heavy (non-hydrogen) atoms. The molecule has 2 nitrogen and oxygen atoms in total. The first-order valence-electron chi connectivity index (χ1n) is 6.57. The number of hydrogen-bond acceptors (Lipinski definition) is 3. The minimum atomic E-state index is -0.116. The fraction of sp³-hybridized carbons (Fsp3) is 0.176. The van der Waals surface area contributed by atoms with Crippen LogP contribution in [-0.2, 0) is 0 Å². The smallest absolute Gasteiger partial charge is 0.129 e. The number of rotatable bonds is 3. The normalized spacial score (nSPS) is 12.6. The van der Waals surface area contributed by atoms with Crippen LogP contribution in [0.4, 0.5) is 0 Å². The summed E-state index contributed by atoms with van der Waals surface area (Å²) >= 11 is 1.64. The van der Waals surface area contributed by atoms with Gasteiger partial charge in [0, 0.05) is 10.3 Å². The van der Waals surface area contributed by atoms with Crippen molar-refractivity contribution in [2.24, 2.45) is 5.73 Å². The van der Waals surface area contributed by atoms with Crippen molar-refractivity contribution in [1.82, 2.24) is 0 Å². The highest BCUT2D eigenvalue weighted by atomic mass is 32.1. The molecular formula is C17H17NOS. The summed E-state index contributed by atoms with van der Waals surface area (Å²) in [5.41, 5.74) is 8.93. The van der Waals surface area contributed by atoms with Crippen LogP contribution in [0.1, 0.15) is 22.0 Å². The predicted octanol–water partition coefficient (Wildman–Crippen LogP) is 4.27. The van der Waals surface area contributed by atoms with Gasteiger partial charge in [-0.3, -0.25) is 0 Å². The van der Waals surface area contributed by atoms with Crippen LogP contribution in [-0.4, -0.2) is 7.11 Å². The Bertz CT molecular complexity index is 748. The van der Waals surface area contributed by atoms with Crippen molar-refractivity contribution < 1.29 is 4.74 Å². The lowest BCUT2D eigenvalue weighted by Gasteiger charge is -2.16. The maximum atomic E-state index is 6.51. The molecule has 0 saturated carbocycles. The Hall–Kier alpha value is -1.84. The van der Waals surface area contributed by atoms with E-state index in [-0.39, 0.29) is 6.04 Å². The van der Waals surface area contributed by atoms with E-state index in [2.05, 4.69) is 43.3 Å². The second kappa shape index (κ2) is 5.27. The first-order valence-corrected chi connectivity index (χ1v) is 7.45. The topological polar surface area (TPSA) is 35.2 Å². The van der Waals surface area contributed by atoms with Gasteiger partial charge in [0.2, 0.25) is 0 Å². The molecular weight excluding hydrogens is 266 g/mol. The Balaban J connectivity index is 2.15. The average Bonchev–Trinajstić information content (AvgIpc) is 2.95. The molecule has 0 saturated heterocycles. The fourth-order valence-corrected chi connectivity index (χ4v) is 3.43. The third kappa shape index (κ3) is 2.19. The minimum Gasteiger partial charge on any atom is -0.496 e. The van der Waals surface area contributed by atoms with E-state index in [0.29, 0.717) is 0 Å². The molecule has 0 amide bonds. The summed E-state index contributed by atoms with van der Waals surface area (Å²) in [6.07, 6.45) is 0. The van der Waals surface area contributed by atoms with Crippen molar-refractivity contribution >= 4 is 22.1 Å². The molecule has 0 radical (unpaired) electrons. The van der Waals surface area contributed by atoms with Crippen molar-refractivity contribution in [2.45, 2.75) is 13.0 Å². The summed E-state index contributed by atoms with van der Waals surface area (Å²) in [5.74, 6) is 0.873. The Labute approximate surface area is 122 Å². The van der Waals surface area contributed by atoms with E-state index in [1.165, 1.54) is 21.9 Å². The van der Waals surface area contributed by atoms with Crippen LogP contribution in [0.15, 0.2) is 47.8 Å². The molecule has 1 aromatic heterocycles. The zero-order valence-electron chi connectivity index (χ0n) is 11.6. The fourth-order valence-electron chi connectivity index (χ4n) is 2.56. The lowest BCUT2D eigenvalue weighted by molar-refractivity contribution is 0.416. The van der Waals surface area contributed by atoms with E-state index in [1.54, 1.807) is 18.4 Å². The first-order chi connectivity index (χ1) is 9.70. The number of fused-ring (bicyclic) bond motifs is 1. The van der Waals surface area contributed by atoms with Gasteiger partial charge in [0.15, 0.2) is 0 Å². The van der Waals surface area contributed by atoms with E-state index >= 15 is 0 Å². The van der Waals surface area contributed by atoms with Gasteiger partial charge in [-0.1, -0.05) is 36.4 Å². The van der Waals surface area contributed by atoms with E-state index < -0.39 is 0 Å². The van der Waals surface area contributed by atoms with Gasteiger partial charge < -0.3 is 10.5 Å². The van der Waals surface area contributed by atoms with Crippen LogP contribution in [0.2, 0.25) is 0 Å². The first kappa shape index (κ1) is 13.2. The minimum absolute atomic E-state index is 0.116. The zero-order chi connectivity index (χ0) is 14.1. The molecule has 0 bridgehead atoms. The third-order valence-corrected chi connectivity index (χ3v) is 4.63. The van der Waals surface area contributed by atoms with Gasteiger partial charge >= 0.3 is 0 Å². The number of thiophene rings is 1. The van der Waals surface area contributed by atoms with Crippen molar-refractivity contribution in [2.75, 3.05) is 7.11 Å². The number of hydrogen-bond donors (Lipinski definition) is 1. The van der Waals surface area contributed by atoms with Crippen molar-refractivity contribution in [3.8, 4) is 5.75 Å². The second-order valence-corrected chi connectivity index (χ2v) is 5.83. The summed E-state index contributed by atoms with van der Waals surface area (Å²) in [5, 5.41) is 4.45. The molecule has 102 valence electrons. The molecule has 0 aliphatic rings. The monoisotopic (exact) mass is 283 g/mol. The van der Waals surface area contributed by atoms with E-state index in [1.807, 2.05) is 11.4 Å². The molecule has 0 aliphatic heterocycles. The molecule has 1 atom stereocenters. The molecule has 2 aromatic carbocycles. The maximum absolute atomic E-state index is 6.51. The lowest BCUT2D eigenvalue weighted by atomic mass is 9.94. The number of benzene rings is 2. The summed E-state index contributed by atoms with van der Waals surface area (Å²) in [4.78, 5) is 1.13. The van der Waals surface area contributed by atoms with Gasteiger partial charge in [0.25, 0.3) is 0 Å². The summed E-state index contributed by atoms with van der Waals surface area (Å²) < 4.78 is 5.25. The Morgan fingerprint density at radius 3 is 2.70 bits per heavy atom. The Morgan fingerprint density at radius 2 is 1.95 bits per heavy atom. The van der Waals surface area contributed by atoms with Crippen molar-refractivity contribution in [3.63, 3.8) is 0 Å². The summed E-state index contributed by atoms with van der Waals surface area (Å²) in [7, 11) is 1.68. The summed E-state index contributed by atoms with van der Waals surface area (Å²) in [6, 6.07) is 14.6. The molecule has 3 heteroatoms. The standard InChI is InChI=1S/C17H17NOS/c1-11-7-8-12-5-3-4-6-14(12)16(11)17(18)15-9-13(19-2)10-20-15/h3-10,17H,18H2,1-2H3. The van der Waals surface area contributed by atoms with Crippen molar-refractivity contribution in [3.05, 3.63) is 63.8 Å². The number of nitrogens with two attached hydrogens (primary N) is 1.